The van der Waals surface area contributed by atoms with Crippen LogP contribution in [0.2, 0.25) is 0 Å². The maximum atomic E-state index is 11.0. The van der Waals surface area contributed by atoms with Gasteiger partial charge >= 0.3 is 5.97 Å². The minimum Gasteiger partial charge on any atom is -0.481 e. The summed E-state index contributed by atoms with van der Waals surface area (Å²) in [7, 11) is 2.98. The molecule has 0 aliphatic heterocycles. The van der Waals surface area contributed by atoms with Gasteiger partial charge in [-0.2, -0.15) is 9.97 Å². The number of aromatic nitrogens is 2. The minimum atomic E-state index is -0.787. The van der Waals surface area contributed by atoms with Gasteiger partial charge in [-0.15, -0.1) is 0 Å². The van der Waals surface area contributed by atoms with Crippen LogP contribution in [0.15, 0.2) is 6.07 Å². The van der Waals surface area contributed by atoms with E-state index in [2.05, 4.69) is 15.3 Å². The highest BCUT2D eigenvalue weighted by molar-refractivity contribution is 5.78. The van der Waals surface area contributed by atoms with Gasteiger partial charge in [0.15, 0.2) is 0 Å². The second-order valence-electron chi connectivity index (χ2n) is 4.22. The van der Waals surface area contributed by atoms with Gasteiger partial charge in [0, 0.05) is 6.54 Å². The number of rotatable bonds is 6. The first-order valence-corrected chi connectivity index (χ1v) is 5.54. The van der Waals surface area contributed by atoms with E-state index in [1.807, 2.05) is 0 Å². The van der Waals surface area contributed by atoms with Crippen LogP contribution in [-0.2, 0) is 4.79 Å². The van der Waals surface area contributed by atoms with Crippen molar-refractivity contribution in [1.82, 2.24) is 9.97 Å². The van der Waals surface area contributed by atoms with Crippen molar-refractivity contribution >= 4 is 11.9 Å². The number of carbonyl (C=O) groups is 1. The largest absolute Gasteiger partial charge is 0.481 e. The Hall–Kier alpha value is -2.05. The number of aliphatic carboxylic acids is 1. The Kier molecular flexibility index (Phi) is 3.22. The average Bonchev–Trinajstić information content (AvgIpc) is 3.17. The lowest BCUT2D eigenvalue weighted by Crippen LogP contribution is -2.25. The van der Waals surface area contributed by atoms with Crippen LogP contribution in [0.4, 0.5) is 5.95 Å². The Bertz CT molecular complexity index is 437. The van der Waals surface area contributed by atoms with E-state index in [1.165, 1.54) is 14.2 Å². The molecule has 18 heavy (non-hydrogen) atoms. The smallest absolute Gasteiger partial charge is 0.311 e. The molecule has 98 valence electrons. The van der Waals surface area contributed by atoms with Gasteiger partial charge < -0.3 is 19.9 Å². The molecule has 0 aromatic carbocycles. The molecule has 0 radical (unpaired) electrons. The molecule has 1 aromatic rings. The summed E-state index contributed by atoms with van der Waals surface area (Å²) >= 11 is 0. The van der Waals surface area contributed by atoms with E-state index < -0.39 is 11.4 Å². The summed E-state index contributed by atoms with van der Waals surface area (Å²) in [5, 5.41) is 12.0. The zero-order valence-corrected chi connectivity index (χ0v) is 10.3. The first kappa shape index (κ1) is 12.4. The Labute approximate surface area is 104 Å². The number of anilines is 1. The lowest BCUT2D eigenvalue weighted by Gasteiger charge is -2.12. The summed E-state index contributed by atoms with van der Waals surface area (Å²) in [4.78, 5) is 19.2. The Balaban J connectivity index is 2.07. The number of carboxylic acids is 1. The number of methoxy groups -OCH3 is 2. The van der Waals surface area contributed by atoms with Crippen LogP contribution < -0.4 is 14.8 Å². The van der Waals surface area contributed by atoms with Crippen LogP contribution in [-0.4, -0.2) is 41.8 Å². The topological polar surface area (TPSA) is 93.6 Å². The minimum absolute atomic E-state index is 0.304. The highest BCUT2D eigenvalue weighted by Gasteiger charge is 2.50. The number of ether oxygens (including phenoxy) is 2. The van der Waals surface area contributed by atoms with Gasteiger partial charge in [-0.05, 0) is 12.8 Å². The van der Waals surface area contributed by atoms with Crippen molar-refractivity contribution in [2.45, 2.75) is 12.8 Å². The molecule has 2 N–H and O–H groups in total. The number of hydrogen-bond donors (Lipinski definition) is 2. The van der Waals surface area contributed by atoms with E-state index in [4.69, 9.17) is 14.6 Å². The summed E-state index contributed by atoms with van der Waals surface area (Å²) in [5.41, 5.74) is -0.667. The molecule has 0 atom stereocenters. The van der Waals surface area contributed by atoms with Gasteiger partial charge in [-0.3, -0.25) is 4.79 Å². The van der Waals surface area contributed by atoms with Gasteiger partial charge in [0.1, 0.15) is 0 Å². The zero-order valence-electron chi connectivity index (χ0n) is 10.3. The fourth-order valence-electron chi connectivity index (χ4n) is 1.56. The van der Waals surface area contributed by atoms with Crippen molar-refractivity contribution in [3.8, 4) is 11.8 Å². The first-order valence-electron chi connectivity index (χ1n) is 5.54. The number of hydrogen-bond acceptors (Lipinski definition) is 6. The molecule has 1 aromatic heterocycles. The molecule has 0 amide bonds. The number of nitrogens with zero attached hydrogens (tertiary/aromatic N) is 2. The standard InChI is InChI=1S/C11H15N3O4/c1-17-7-5-8(18-2)14-10(13-7)12-6-11(3-4-11)9(15)16/h5H,3-4,6H2,1-2H3,(H,15,16)(H,12,13,14). The second kappa shape index (κ2) is 4.67. The highest BCUT2D eigenvalue weighted by atomic mass is 16.5. The molecule has 0 saturated heterocycles. The summed E-state index contributed by atoms with van der Waals surface area (Å²) in [6.45, 7) is 0.304. The van der Waals surface area contributed by atoms with Crippen molar-refractivity contribution in [3.63, 3.8) is 0 Å². The summed E-state index contributed by atoms with van der Waals surface area (Å²) in [6, 6.07) is 1.55. The Morgan fingerprint density at radius 2 is 1.94 bits per heavy atom. The SMILES string of the molecule is COc1cc(OC)nc(NCC2(C(=O)O)CC2)n1. The summed E-state index contributed by atoms with van der Waals surface area (Å²) < 4.78 is 10.0. The van der Waals surface area contributed by atoms with E-state index >= 15 is 0 Å². The van der Waals surface area contributed by atoms with Crippen molar-refractivity contribution in [3.05, 3.63) is 6.07 Å². The average molecular weight is 253 g/mol. The van der Waals surface area contributed by atoms with Gasteiger partial charge in [-0.1, -0.05) is 0 Å². The van der Waals surface area contributed by atoms with E-state index in [0.29, 0.717) is 37.1 Å². The highest BCUT2D eigenvalue weighted by Crippen LogP contribution is 2.45. The molecule has 7 heteroatoms. The monoisotopic (exact) mass is 253 g/mol. The molecular formula is C11H15N3O4. The molecule has 2 rings (SSSR count). The fraction of sp³-hybridized carbons (Fsp3) is 0.545. The van der Waals surface area contributed by atoms with Gasteiger partial charge in [0.2, 0.25) is 17.7 Å². The molecular weight excluding hydrogens is 238 g/mol. The molecule has 0 spiro atoms. The summed E-state index contributed by atoms with van der Waals surface area (Å²) in [6.07, 6.45) is 1.35. The molecule has 1 heterocycles. The van der Waals surface area contributed by atoms with Crippen LogP contribution >= 0.6 is 0 Å². The Morgan fingerprint density at radius 3 is 2.33 bits per heavy atom. The third kappa shape index (κ3) is 2.44. The van der Waals surface area contributed by atoms with E-state index in [9.17, 15) is 4.79 Å². The lowest BCUT2D eigenvalue weighted by molar-refractivity contribution is -0.142. The predicted octanol–water partition coefficient (Wildman–Crippen LogP) is 0.770. The van der Waals surface area contributed by atoms with Crippen molar-refractivity contribution < 1.29 is 19.4 Å². The van der Waals surface area contributed by atoms with Crippen LogP contribution in [0, 0.1) is 5.41 Å². The predicted molar refractivity (Wildman–Crippen MR) is 62.9 cm³/mol. The van der Waals surface area contributed by atoms with Crippen LogP contribution in [0.1, 0.15) is 12.8 Å². The van der Waals surface area contributed by atoms with Crippen molar-refractivity contribution in [1.29, 1.82) is 0 Å². The maximum Gasteiger partial charge on any atom is 0.311 e. The van der Waals surface area contributed by atoms with Gasteiger partial charge in [0.25, 0.3) is 0 Å². The lowest BCUT2D eigenvalue weighted by atomic mass is 10.1. The molecule has 0 unspecified atom stereocenters. The maximum absolute atomic E-state index is 11.0. The first-order chi connectivity index (χ1) is 8.59. The third-order valence-corrected chi connectivity index (χ3v) is 2.99. The molecule has 1 saturated carbocycles. The second-order valence-corrected chi connectivity index (χ2v) is 4.22. The molecule has 0 bridgehead atoms. The van der Waals surface area contributed by atoms with Crippen LogP contribution in [0.25, 0.3) is 0 Å². The van der Waals surface area contributed by atoms with Gasteiger partial charge in [-0.25, -0.2) is 0 Å². The Morgan fingerprint density at radius 1 is 1.39 bits per heavy atom. The fourth-order valence-corrected chi connectivity index (χ4v) is 1.56. The third-order valence-electron chi connectivity index (χ3n) is 2.99. The van der Waals surface area contributed by atoms with Crippen LogP contribution in [0.3, 0.4) is 0 Å². The number of nitrogens with one attached hydrogen (secondary N) is 1. The molecule has 1 aliphatic carbocycles. The summed E-state index contributed by atoms with van der Waals surface area (Å²) in [5.74, 6) is 0.248. The van der Waals surface area contributed by atoms with E-state index in [0.717, 1.165) is 0 Å². The van der Waals surface area contributed by atoms with E-state index in [1.54, 1.807) is 6.07 Å². The van der Waals surface area contributed by atoms with E-state index in [-0.39, 0.29) is 0 Å². The van der Waals surface area contributed by atoms with Crippen LogP contribution in [0.5, 0.6) is 11.8 Å². The normalized spacial score (nSPS) is 15.9. The van der Waals surface area contributed by atoms with Crippen molar-refractivity contribution in [2.24, 2.45) is 5.41 Å². The number of carboxylic acid groups (broad SMARTS) is 1. The molecule has 1 fully saturated rings. The van der Waals surface area contributed by atoms with Gasteiger partial charge in [0.05, 0.1) is 25.7 Å². The quantitative estimate of drug-likeness (QED) is 0.773. The molecule has 7 nitrogen and oxygen atoms in total. The zero-order chi connectivity index (χ0) is 13.2. The van der Waals surface area contributed by atoms with Crippen molar-refractivity contribution in [2.75, 3.05) is 26.1 Å². The molecule has 1 aliphatic rings.